The Labute approximate surface area is 254 Å². The van der Waals surface area contributed by atoms with Crippen molar-refractivity contribution in [2.75, 3.05) is 10.8 Å². The summed E-state index contributed by atoms with van der Waals surface area (Å²) in [5, 5.41) is 3.70. The van der Waals surface area contributed by atoms with Crippen LogP contribution in [0.15, 0.2) is 71.6 Å². The van der Waals surface area contributed by atoms with Gasteiger partial charge in [0.2, 0.25) is 11.8 Å². The summed E-state index contributed by atoms with van der Waals surface area (Å²) in [7, 11) is -4.12. The van der Waals surface area contributed by atoms with Gasteiger partial charge in [-0.2, -0.15) is 0 Å². The Morgan fingerprint density at radius 1 is 0.929 bits per heavy atom. The van der Waals surface area contributed by atoms with Gasteiger partial charge < -0.3 is 10.2 Å². The van der Waals surface area contributed by atoms with E-state index < -0.39 is 28.5 Å². The zero-order chi connectivity index (χ0) is 30.4. The lowest BCUT2D eigenvalue weighted by molar-refractivity contribution is -0.140. The van der Waals surface area contributed by atoms with E-state index >= 15 is 0 Å². The summed E-state index contributed by atoms with van der Waals surface area (Å²) >= 11 is 6.11. The molecule has 4 rings (SSSR count). The maximum absolute atomic E-state index is 14.3. The molecule has 0 unspecified atom stereocenters. The van der Waals surface area contributed by atoms with Crippen molar-refractivity contribution in [3.63, 3.8) is 0 Å². The van der Waals surface area contributed by atoms with Crippen LogP contribution in [0.4, 0.5) is 5.69 Å². The monoisotopic (exact) mass is 609 g/mol. The highest BCUT2D eigenvalue weighted by Gasteiger charge is 2.35. The number of nitrogens with zero attached hydrogens (tertiary/aromatic N) is 2. The molecule has 9 heteroatoms. The van der Waals surface area contributed by atoms with Crippen molar-refractivity contribution in [2.45, 2.75) is 83.3 Å². The summed E-state index contributed by atoms with van der Waals surface area (Å²) in [4.78, 5) is 29.5. The molecule has 3 aromatic rings. The van der Waals surface area contributed by atoms with E-state index in [1.807, 2.05) is 52.0 Å². The van der Waals surface area contributed by atoms with Gasteiger partial charge in [-0.25, -0.2) is 8.42 Å². The third-order valence-electron chi connectivity index (χ3n) is 7.87. The van der Waals surface area contributed by atoms with Crippen LogP contribution in [0.1, 0.15) is 61.3 Å². The molecule has 224 valence electrons. The van der Waals surface area contributed by atoms with Crippen LogP contribution < -0.4 is 9.62 Å². The quantitative estimate of drug-likeness (QED) is 0.275. The molecule has 42 heavy (non-hydrogen) atoms. The molecular weight excluding hydrogens is 570 g/mol. The lowest BCUT2D eigenvalue weighted by Crippen LogP contribution is -2.53. The molecule has 0 bridgehead atoms. The fourth-order valence-corrected chi connectivity index (χ4v) is 7.01. The Bertz CT molecular complexity index is 1500. The van der Waals surface area contributed by atoms with E-state index in [0.29, 0.717) is 17.1 Å². The first-order valence-electron chi connectivity index (χ1n) is 14.5. The van der Waals surface area contributed by atoms with E-state index in [0.717, 1.165) is 47.9 Å². The Kier molecular flexibility index (Phi) is 10.3. The third kappa shape index (κ3) is 7.53. The van der Waals surface area contributed by atoms with Gasteiger partial charge in [-0.1, -0.05) is 73.3 Å². The third-order valence-corrected chi connectivity index (χ3v) is 9.90. The van der Waals surface area contributed by atoms with E-state index in [1.54, 1.807) is 42.5 Å². The molecule has 0 heterocycles. The second-order valence-corrected chi connectivity index (χ2v) is 13.5. The molecule has 2 amide bonds. The van der Waals surface area contributed by atoms with Gasteiger partial charge in [-0.3, -0.25) is 13.9 Å². The van der Waals surface area contributed by atoms with Crippen LogP contribution in [0.5, 0.6) is 0 Å². The van der Waals surface area contributed by atoms with Crippen LogP contribution >= 0.6 is 11.6 Å². The molecular formula is C33H40ClN3O4S. The van der Waals surface area contributed by atoms with Crippen LogP contribution in [0.2, 0.25) is 5.02 Å². The van der Waals surface area contributed by atoms with E-state index in [-0.39, 0.29) is 23.4 Å². The minimum absolute atomic E-state index is 0.0902. The zero-order valence-electron chi connectivity index (χ0n) is 24.8. The van der Waals surface area contributed by atoms with Crippen molar-refractivity contribution in [2.24, 2.45) is 0 Å². The second-order valence-electron chi connectivity index (χ2n) is 11.2. The first-order chi connectivity index (χ1) is 20.0. The smallest absolute Gasteiger partial charge is 0.264 e. The average Bonchev–Trinajstić information content (AvgIpc) is 3.47. The summed E-state index contributed by atoms with van der Waals surface area (Å²) in [6, 6.07) is 18.6. The van der Waals surface area contributed by atoms with Gasteiger partial charge in [0.1, 0.15) is 12.6 Å². The molecule has 1 fully saturated rings. The largest absolute Gasteiger partial charge is 0.352 e. The Balaban J connectivity index is 1.74. The molecule has 3 aromatic carbocycles. The number of anilines is 1. The first-order valence-corrected chi connectivity index (χ1v) is 16.3. The predicted molar refractivity (Wildman–Crippen MR) is 168 cm³/mol. The van der Waals surface area contributed by atoms with Gasteiger partial charge in [0.05, 0.1) is 10.6 Å². The normalized spacial score (nSPS) is 14.4. The SMILES string of the molecule is CC[C@@H](C(=O)NC1CCCC1)N(Cc1ccc(Cl)cc1)C(=O)CN(c1cc(C)ccc1C)S(=O)(=O)c1ccc(C)cc1. The minimum Gasteiger partial charge on any atom is -0.352 e. The standard InChI is InChI=1S/C33H40ClN3O4S/c1-5-30(33(39)35-28-8-6-7-9-28)36(21-26-14-16-27(34)17-15-26)32(38)22-37(31-20-24(3)10-13-25(31)4)42(40,41)29-18-11-23(2)12-19-29/h10-20,28,30H,5-9,21-22H2,1-4H3,(H,35,39)/t30-/m0/s1. The van der Waals surface area contributed by atoms with Crippen molar-refractivity contribution in [3.8, 4) is 0 Å². The number of hydrogen-bond acceptors (Lipinski definition) is 4. The number of hydrogen-bond donors (Lipinski definition) is 1. The molecule has 0 radical (unpaired) electrons. The molecule has 1 atom stereocenters. The molecule has 0 aromatic heterocycles. The molecule has 1 aliphatic carbocycles. The maximum Gasteiger partial charge on any atom is 0.264 e. The predicted octanol–water partition coefficient (Wildman–Crippen LogP) is 6.33. The number of nitrogens with one attached hydrogen (secondary N) is 1. The van der Waals surface area contributed by atoms with Crippen molar-refractivity contribution < 1.29 is 18.0 Å². The molecule has 1 aliphatic rings. The van der Waals surface area contributed by atoms with Gasteiger partial charge in [0.15, 0.2) is 0 Å². The molecule has 7 nitrogen and oxygen atoms in total. The van der Waals surface area contributed by atoms with Crippen molar-refractivity contribution in [1.29, 1.82) is 0 Å². The van der Waals surface area contributed by atoms with E-state index in [1.165, 1.54) is 9.21 Å². The Hall–Kier alpha value is -3.36. The van der Waals surface area contributed by atoms with Gasteiger partial charge in [0, 0.05) is 17.6 Å². The van der Waals surface area contributed by atoms with E-state index in [4.69, 9.17) is 11.6 Å². The molecule has 1 N–H and O–H groups in total. The number of halogens is 1. The average molecular weight is 610 g/mol. The van der Waals surface area contributed by atoms with Crippen LogP contribution in [-0.2, 0) is 26.2 Å². The number of carbonyl (C=O) groups excluding carboxylic acids is 2. The number of amides is 2. The lowest BCUT2D eigenvalue weighted by Gasteiger charge is -2.34. The summed E-state index contributed by atoms with van der Waals surface area (Å²) in [6.07, 6.45) is 4.35. The fourth-order valence-electron chi connectivity index (χ4n) is 5.41. The summed E-state index contributed by atoms with van der Waals surface area (Å²) in [6.45, 7) is 7.14. The van der Waals surface area contributed by atoms with Gasteiger partial charge in [-0.05, 0) is 87.1 Å². The Morgan fingerprint density at radius 2 is 1.55 bits per heavy atom. The van der Waals surface area contributed by atoms with Crippen LogP contribution in [0, 0.1) is 20.8 Å². The number of carbonyl (C=O) groups is 2. The number of sulfonamides is 1. The van der Waals surface area contributed by atoms with Gasteiger partial charge >= 0.3 is 0 Å². The fraction of sp³-hybridized carbons (Fsp3) is 0.394. The number of benzene rings is 3. The topological polar surface area (TPSA) is 86.8 Å². The summed E-state index contributed by atoms with van der Waals surface area (Å²) in [5.41, 5.74) is 3.74. The molecule has 0 spiro atoms. The van der Waals surface area contributed by atoms with Gasteiger partial charge in [0.25, 0.3) is 10.0 Å². The van der Waals surface area contributed by atoms with Crippen molar-refractivity contribution in [3.05, 3.63) is 94.0 Å². The van der Waals surface area contributed by atoms with Crippen LogP contribution in [0.3, 0.4) is 0 Å². The highest BCUT2D eigenvalue weighted by Crippen LogP contribution is 2.29. The van der Waals surface area contributed by atoms with Gasteiger partial charge in [-0.15, -0.1) is 0 Å². The summed E-state index contributed by atoms with van der Waals surface area (Å²) in [5.74, 6) is -0.679. The lowest BCUT2D eigenvalue weighted by atomic mass is 10.1. The summed E-state index contributed by atoms with van der Waals surface area (Å²) < 4.78 is 29.4. The van der Waals surface area contributed by atoms with Crippen LogP contribution in [-0.4, -0.2) is 43.8 Å². The molecule has 1 saturated carbocycles. The minimum atomic E-state index is -4.12. The Morgan fingerprint density at radius 3 is 2.17 bits per heavy atom. The molecule has 0 saturated heterocycles. The van der Waals surface area contributed by atoms with Crippen molar-refractivity contribution in [1.82, 2.24) is 10.2 Å². The zero-order valence-corrected chi connectivity index (χ0v) is 26.3. The van der Waals surface area contributed by atoms with Crippen molar-refractivity contribution >= 4 is 39.1 Å². The number of aryl methyl sites for hydroxylation is 3. The highest BCUT2D eigenvalue weighted by molar-refractivity contribution is 7.92. The van der Waals surface area contributed by atoms with E-state index in [2.05, 4.69) is 5.32 Å². The maximum atomic E-state index is 14.3. The second kappa shape index (κ2) is 13.7. The molecule has 0 aliphatic heterocycles. The van der Waals surface area contributed by atoms with Crippen LogP contribution in [0.25, 0.3) is 0 Å². The first kappa shape index (κ1) is 31.6. The number of rotatable bonds is 11. The highest BCUT2D eigenvalue weighted by atomic mass is 35.5. The van der Waals surface area contributed by atoms with E-state index in [9.17, 15) is 18.0 Å².